The number of rotatable bonds is 3. The lowest BCUT2D eigenvalue weighted by Crippen LogP contribution is -2.47. The van der Waals surface area contributed by atoms with Crippen LogP contribution in [0, 0.1) is 17.3 Å². The Morgan fingerprint density at radius 1 is 1.29 bits per heavy atom. The Labute approximate surface area is 106 Å². The Balaban J connectivity index is 2.12. The van der Waals surface area contributed by atoms with Crippen LogP contribution in [0.4, 0.5) is 0 Å². The second-order valence-electron chi connectivity index (χ2n) is 6.00. The van der Waals surface area contributed by atoms with E-state index >= 15 is 0 Å². The highest BCUT2D eigenvalue weighted by Gasteiger charge is 2.38. The number of hydrogen-bond donors (Lipinski definition) is 1. The van der Waals surface area contributed by atoms with Gasteiger partial charge in [-0.15, -0.1) is 0 Å². The van der Waals surface area contributed by atoms with Crippen LogP contribution in [-0.2, 0) is 6.42 Å². The van der Waals surface area contributed by atoms with Gasteiger partial charge < -0.3 is 5.32 Å². The highest BCUT2D eigenvalue weighted by atomic mass is 14.9. The molecule has 1 heterocycles. The topological polar surface area (TPSA) is 12.0 Å². The smallest absolute Gasteiger partial charge is 0.00120 e. The fraction of sp³-hybridized carbons (Fsp3) is 0.625. The lowest BCUT2D eigenvalue weighted by atomic mass is 9.63. The van der Waals surface area contributed by atoms with Crippen molar-refractivity contribution in [1.82, 2.24) is 5.32 Å². The van der Waals surface area contributed by atoms with Gasteiger partial charge in [0.05, 0.1) is 0 Å². The van der Waals surface area contributed by atoms with E-state index in [1.807, 2.05) is 0 Å². The maximum Gasteiger partial charge on any atom is -0.00120 e. The fourth-order valence-corrected chi connectivity index (χ4v) is 3.04. The van der Waals surface area contributed by atoms with Crippen molar-refractivity contribution in [3.05, 3.63) is 35.9 Å². The molecule has 1 nitrogen and oxygen atoms in total. The van der Waals surface area contributed by atoms with Gasteiger partial charge in [-0.05, 0) is 48.7 Å². The molecule has 2 rings (SSSR count). The Morgan fingerprint density at radius 2 is 2.00 bits per heavy atom. The van der Waals surface area contributed by atoms with Crippen molar-refractivity contribution in [2.45, 2.75) is 33.6 Å². The van der Waals surface area contributed by atoms with E-state index in [0.29, 0.717) is 5.41 Å². The van der Waals surface area contributed by atoms with Gasteiger partial charge in [-0.1, -0.05) is 51.1 Å². The summed E-state index contributed by atoms with van der Waals surface area (Å²) in [6, 6.07) is 10.9. The summed E-state index contributed by atoms with van der Waals surface area (Å²) in [5.74, 6) is 1.52. The third-order valence-corrected chi connectivity index (χ3v) is 4.81. The molecule has 17 heavy (non-hydrogen) atoms. The summed E-state index contributed by atoms with van der Waals surface area (Å²) in [7, 11) is 0. The second kappa shape index (κ2) is 5.22. The first-order chi connectivity index (χ1) is 8.13. The SMILES string of the molecule is CC(C)C1(C)CCNCC1Cc1ccccc1. The first-order valence-corrected chi connectivity index (χ1v) is 6.87. The van der Waals surface area contributed by atoms with E-state index in [2.05, 4.69) is 56.4 Å². The molecule has 1 N–H and O–H groups in total. The van der Waals surface area contributed by atoms with Crippen LogP contribution in [-0.4, -0.2) is 13.1 Å². The van der Waals surface area contributed by atoms with E-state index in [1.54, 1.807) is 0 Å². The molecule has 1 saturated heterocycles. The van der Waals surface area contributed by atoms with Crippen LogP contribution in [0.2, 0.25) is 0 Å². The molecular weight excluding hydrogens is 206 g/mol. The molecule has 0 amide bonds. The molecule has 1 aliphatic rings. The van der Waals surface area contributed by atoms with Crippen LogP contribution < -0.4 is 5.32 Å². The molecule has 0 spiro atoms. The Kier molecular flexibility index (Phi) is 3.88. The van der Waals surface area contributed by atoms with Gasteiger partial charge in [-0.2, -0.15) is 0 Å². The number of piperidine rings is 1. The second-order valence-corrected chi connectivity index (χ2v) is 6.00. The lowest BCUT2D eigenvalue weighted by molar-refractivity contribution is 0.0724. The molecule has 2 unspecified atom stereocenters. The molecule has 0 radical (unpaired) electrons. The van der Waals surface area contributed by atoms with Gasteiger partial charge in [-0.25, -0.2) is 0 Å². The van der Waals surface area contributed by atoms with Crippen LogP contribution in [0.25, 0.3) is 0 Å². The quantitative estimate of drug-likeness (QED) is 0.839. The molecule has 1 fully saturated rings. The highest BCUT2D eigenvalue weighted by molar-refractivity contribution is 5.16. The average molecular weight is 231 g/mol. The highest BCUT2D eigenvalue weighted by Crippen LogP contribution is 2.42. The molecule has 94 valence electrons. The molecule has 1 aromatic carbocycles. The third-order valence-electron chi connectivity index (χ3n) is 4.81. The molecule has 2 atom stereocenters. The van der Waals surface area contributed by atoms with Crippen molar-refractivity contribution in [3.8, 4) is 0 Å². The van der Waals surface area contributed by atoms with E-state index in [1.165, 1.54) is 31.5 Å². The predicted octanol–water partition coefficient (Wildman–Crippen LogP) is 3.50. The number of nitrogens with one attached hydrogen (secondary N) is 1. The zero-order valence-corrected chi connectivity index (χ0v) is 11.4. The Morgan fingerprint density at radius 3 is 2.65 bits per heavy atom. The van der Waals surface area contributed by atoms with Crippen molar-refractivity contribution in [2.75, 3.05) is 13.1 Å². The summed E-state index contributed by atoms with van der Waals surface area (Å²) in [6.07, 6.45) is 2.52. The van der Waals surface area contributed by atoms with Crippen LogP contribution in [0.15, 0.2) is 30.3 Å². The van der Waals surface area contributed by atoms with Gasteiger partial charge >= 0.3 is 0 Å². The van der Waals surface area contributed by atoms with Crippen molar-refractivity contribution < 1.29 is 0 Å². The summed E-state index contributed by atoms with van der Waals surface area (Å²) in [4.78, 5) is 0. The van der Waals surface area contributed by atoms with Crippen molar-refractivity contribution in [3.63, 3.8) is 0 Å². The molecular formula is C16H25N. The number of hydrogen-bond acceptors (Lipinski definition) is 1. The monoisotopic (exact) mass is 231 g/mol. The third kappa shape index (κ3) is 2.71. The maximum absolute atomic E-state index is 3.57. The maximum atomic E-state index is 3.57. The zero-order chi connectivity index (χ0) is 12.3. The first kappa shape index (κ1) is 12.6. The molecule has 0 bridgehead atoms. The summed E-state index contributed by atoms with van der Waals surface area (Å²) in [5, 5.41) is 3.57. The minimum absolute atomic E-state index is 0.487. The molecule has 0 saturated carbocycles. The van der Waals surface area contributed by atoms with E-state index in [0.717, 1.165) is 11.8 Å². The van der Waals surface area contributed by atoms with E-state index in [9.17, 15) is 0 Å². The van der Waals surface area contributed by atoms with E-state index < -0.39 is 0 Å². The molecule has 1 heteroatoms. The van der Waals surface area contributed by atoms with E-state index in [-0.39, 0.29) is 0 Å². The summed E-state index contributed by atoms with van der Waals surface area (Å²) < 4.78 is 0. The normalized spacial score (nSPS) is 29.5. The zero-order valence-electron chi connectivity index (χ0n) is 11.4. The van der Waals surface area contributed by atoms with Crippen molar-refractivity contribution >= 4 is 0 Å². The van der Waals surface area contributed by atoms with Crippen LogP contribution in [0.5, 0.6) is 0 Å². The van der Waals surface area contributed by atoms with Gasteiger partial charge in [0.25, 0.3) is 0 Å². The lowest BCUT2D eigenvalue weighted by Gasteiger charge is -2.45. The first-order valence-electron chi connectivity index (χ1n) is 6.87. The largest absolute Gasteiger partial charge is 0.316 e. The minimum Gasteiger partial charge on any atom is -0.316 e. The van der Waals surface area contributed by atoms with Crippen LogP contribution in [0.1, 0.15) is 32.8 Å². The number of benzene rings is 1. The van der Waals surface area contributed by atoms with Crippen molar-refractivity contribution in [1.29, 1.82) is 0 Å². The van der Waals surface area contributed by atoms with Gasteiger partial charge in [-0.3, -0.25) is 0 Å². The van der Waals surface area contributed by atoms with Crippen molar-refractivity contribution in [2.24, 2.45) is 17.3 Å². The summed E-state index contributed by atoms with van der Waals surface area (Å²) in [5.41, 5.74) is 1.97. The predicted molar refractivity (Wildman–Crippen MR) is 74.1 cm³/mol. The van der Waals surface area contributed by atoms with E-state index in [4.69, 9.17) is 0 Å². The molecule has 1 aromatic rings. The minimum atomic E-state index is 0.487. The van der Waals surface area contributed by atoms with Crippen LogP contribution in [0.3, 0.4) is 0 Å². The fourth-order valence-electron chi connectivity index (χ4n) is 3.04. The van der Waals surface area contributed by atoms with Gasteiger partial charge in [0.2, 0.25) is 0 Å². The van der Waals surface area contributed by atoms with Gasteiger partial charge in [0, 0.05) is 0 Å². The van der Waals surface area contributed by atoms with Gasteiger partial charge in [0.1, 0.15) is 0 Å². The summed E-state index contributed by atoms with van der Waals surface area (Å²) in [6.45, 7) is 9.59. The molecule has 0 aromatic heterocycles. The molecule has 0 aliphatic carbocycles. The average Bonchev–Trinajstić information content (AvgIpc) is 2.33. The Bertz CT molecular complexity index is 344. The van der Waals surface area contributed by atoms with Gasteiger partial charge in [0.15, 0.2) is 0 Å². The van der Waals surface area contributed by atoms with Crippen LogP contribution >= 0.6 is 0 Å². The Hall–Kier alpha value is -0.820. The molecule has 1 aliphatic heterocycles. The summed E-state index contributed by atoms with van der Waals surface area (Å²) >= 11 is 0. The standard InChI is InChI=1S/C16H25N/c1-13(2)16(3)9-10-17-12-15(16)11-14-7-5-4-6-8-14/h4-8,13,15,17H,9-12H2,1-3H3.